The molecule has 0 amide bonds. The van der Waals surface area contributed by atoms with E-state index in [1.54, 1.807) is 6.92 Å². The first-order valence-corrected chi connectivity index (χ1v) is 10.6. The Hall–Kier alpha value is -0.0900. The number of hydrogen-bond acceptors (Lipinski definition) is 3. The molecule has 1 saturated carbocycles. The maximum Gasteiger partial charge on any atom is 0.211 e. The Labute approximate surface area is 165 Å². The number of aliphatic imine (C=N–C) groups is 1. The van der Waals surface area contributed by atoms with Crippen molar-refractivity contribution in [3.8, 4) is 0 Å². The van der Waals surface area contributed by atoms with Crippen LogP contribution in [-0.4, -0.2) is 46.3 Å². The van der Waals surface area contributed by atoms with Crippen molar-refractivity contribution in [3.05, 3.63) is 0 Å². The van der Waals surface area contributed by atoms with E-state index in [9.17, 15) is 8.42 Å². The lowest BCUT2D eigenvalue weighted by atomic mass is 9.84. The minimum absolute atomic E-state index is 0. The fraction of sp³-hybridized carbons (Fsp3) is 0.938. The summed E-state index contributed by atoms with van der Waals surface area (Å²) in [6.45, 7) is 8.83. The number of nitrogens with one attached hydrogen (secondary N) is 3. The summed E-state index contributed by atoms with van der Waals surface area (Å²) in [5, 5.41) is 6.56. The molecule has 0 aliphatic heterocycles. The van der Waals surface area contributed by atoms with Crippen LogP contribution in [0.5, 0.6) is 0 Å². The molecule has 1 aliphatic rings. The Morgan fingerprint density at radius 3 is 2.29 bits per heavy atom. The summed E-state index contributed by atoms with van der Waals surface area (Å²) in [5.41, 5.74) is 0.388. The van der Waals surface area contributed by atoms with Gasteiger partial charge in [0.15, 0.2) is 5.96 Å². The van der Waals surface area contributed by atoms with Gasteiger partial charge in [-0.25, -0.2) is 13.1 Å². The second-order valence-corrected chi connectivity index (χ2v) is 8.43. The van der Waals surface area contributed by atoms with Crippen molar-refractivity contribution >= 4 is 40.0 Å². The van der Waals surface area contributed by atoms with Crippen LogP contribution in [0.25, 0.3) is 0 Å². The molecule has 3 N–H and O–H groups in total. The highest BCUT2D eigenvalue weighted by molar-refractivity contribution is 14.0. The Morgan fingerprint density at radius 1 is 1.08 bits per heavy atom. The minimum atomic E-state index is -3.09. The Kier molecular flexibility index (Phi) is 12.2. The van der Waals surface area contributed by atoms with E-state index in [-0.39, 0.29) is 29.7 Å². The number of hydrogen-bond donors (Lipinski definition) is 3. The largest absolute Gasteiger partial charge is 0.357 e. The number of rotatable bonds is 10. The van der Waals surface area contributed by atoms with Gasteiger partial charge in [-0.15, -0.1) is 24.0 Å². The quantitative estimate of drug-likeness (QED) is 0.197. The van der Waals surface area contributed by atoms with Crippen molar-refractivity contribution in [2.24, 2.45) is 10.4 Å². The molecule has 0 saturated heterocycles. The van der Waals surface area contributed by atoms with Crippen LogP contribution < -0.4 is 15.4 Å². The predicted octanol–water partition coefficient (Wildman–Crippen LogP) is 2.46. The average Bonchev–Trinajstić information content (AvgIpc) is 3.01. The first-order valence-electron chi connectivity index (χ1n) is 8.96. The zero-order chi connectivity index (χ0) is 17.2. The van der Waals surface area contributed by atoms with Crippen LogP contribution in [0.4, 0.5) is 0 Å². The van der Waals surface area contributed by atoms with Crippen molar-refractivity contribution < 1.29 is 8.42 Å². The maximum atomic E-state index is 11.3. The fourth-order valence-corrected chi connectivity index (χ4v) is 3.62. The third-order valence-electron chi connectivity index (χ3n) is 4.68. The van der Waals surface area contributed by atoms with Gasteiger partial charge in [0.25, 0.3) is 0 Å². The van der Waals surface area contributed by atoms with Crippen molar-refractivity contribution in [1.29, 1.82) is 0 Å². The van der Waals surface area contributed by atoms with Gasteiger partial charge in [-0.3, -0.25) is 4.99 Å². The van der Waals surface area contributed by atoms with E-state index < -0.39 is 10.0 Å². The van der Waals surface area contributed by atoms with Crippen molar-refractivity contribution in [3.63, 3.8) is 0 Å². The standard InChI is InChI=1S/C16H34N4O2S.HI/c1-4-16(10-7-8-11-16)14-19-15(17-5-2)18-12-9-13-20-23(21,22)6-3;/h20H,4-14H2,1-3H3,(H2,17,18,19);1H. The topological polar surface area (TPSA) is 82.6 Å². The molecule has 0 bridgehead atoms. The molecule has 144 valence electrons. The molecule has 0 aromatic rings. The predicted molar refractivity (Wildman–Crippen MR) is 113 cm³/mol. The molecule has 1 fully saturated rings. The molecule has 6 nitrogen and oxygen atoms in total. The molecule has 1 rings (SSSR count). The minimum Gasteiger partial charge on any atom is -0.357 e. The second-order valence-electron chi connectivity index (χ2n) is 6.33. The molecule has 0 radical (unpaired) electrons. The van der Waals surface area contributed by atoms with E-state index >= 15 is 0 Å². The van der Waals surface area contributed by atoms with Crippen LogP contribution in [0.2, 0.25) is 0 Å². The molecule has 0 aromatic heterocycles. The first kappa shape index (κ1) is 23.9. The molecule has 0 atom stereocenters. The van der Waals surface area contributed by atoms with Crippen LogP contribution in [0.1, 0.15) is 59.3 Å². The number of halogens is 1. The van der Waals surface area contributed by atoms with E-state index in [4.69, 9.17) is 4.99 Å². The number of sulfonamides is 1. The van der Waals surface area contributed by atoms with E-state index in [2.05, 4.69) is 29.2 Å². The normalized spacial score (nSPS) is 17.4. The monoisotopic (exact) mass is 474 g/mol. The van der Waals surface area contributed by atoms with E-state index in [0.29, 0.717) is 18.5 Å². The molecule has 0 heterocycles. The first-order chi connectivity index (χ1) is 11.0. The summed E-state index contributed by atoms with van der Waals surface area (Å²) in [6, 6.07) is 0. The van der Waals surface area contributed by atoms with Gasteiger partial charge in [0.1, 0.15) is 0 Å². The Bertz CT molecular complexity index is 463. The van der Waals surface area contributed by atoms with E-state index in [1.165, 1.54) is 32.1 Å². The molecule has 1 aliphatic carbocycles. The van der Waals surface area contributed by atoms with Gasteiger partial charge in [0.05, 0.1) is 5.75 Å². The van der Waals surface area contributed by atoms with Crippen LogP contribution >= 0.6 is 24.0 Å². The Balaban J connectivity index is 0.00000529. The summed E-state index contributed by atoms with van der Waals surface area (Å²) < 4.78 is 25.3. The molecule has 0 aromatic carbocycles. The van der Waals surface area contributed by atoms with Gasteiger partial charge in [-0.2, -0.15) is 0 Å². The second kappa shape index (κ2) is 12.3. The maximum absolute atomic E-state index is 11.3. The van der Waals surface area contributed by atoms with Crippen LogP contribution in [0, 0.1) is 5.41 Å². The zero-order valence-electron chi connectivity index (χ0n) is 15.4. The van der Waals surface area contributed by atoms with Crippen LogP contribution in [0.15, 0.2) is 4.99 Å². The molecule has 0 spiro atoms. The lowest BCUT2D eigenvalue weighted by Crippen LogP contribution is -2.39. The van der Waals surface area contributed by atoms with Gasteiger partial charge in [-0.1, -0.05) is 19.8 Å². The third-order valence-corrected chi connectivity index (χ3v) is 6.08. The van der Waals surface area contributed by atoms with Crippen LogP contribution in [-0.2, 0) is 10.0 Å². The highest BCUT2D eigenvalue weighted by Crippen LogP contribution is 2.41. The summed E-state index contributed by atoms with van der Waals surface area (Å²) in [5.74, 6) is 0.967. The van der Waals surface area contributed by atoms with Gasteiger partial charge in [0, 0.05) is 26.2 Å². The van der Waals surface area contributed by atoms with E-state index in [1.807, 2.05) is 0 Å². The lowest BCUT2D eigenvalue weighted by molar-refractivity contribution is 0.297. The van der Waals surface area contributed by atoms with Crippen molar-refractivity contribution in [1.82, 2.24) is 15.4 Å². The SMILES string of the molecule is CCNC(=NCC1(CC)CCCC1)NCCCNS(=O)(=O)CC.I. The zero-order valence-corrected chi connectivity index (χ0v) is 18.5. The third kappa shape index (κ3) is 8.84. The summed E-state index contributed by atoms with van der Waals surface area (Å²) in [6.07, 6.45) is 7.14. The highest BCUT2D eigenvalue weighted by Gasteiger charge is 2.31. The van der Waals surface area contributed by atoms with Crippen molar-refractivity contribution in [2.75, 3.05) is 31.9 Å². The summed E-state index contributed by atoms with van der Waals surface area (Å²) >= 11 is 0. The molecule has 24 heavy (non-hydrogen) atoms. The Morgan fingerprint density at radius 2 is 1.75 bits per heavy atom. The van der Waals surface area contributed by atoms with Gasteiger partial charge >= 0.3 is 0 Å². The van der Waals surface area contributed by atoms with Gasteiger partial charge in [-0.05, 0) is 44.9 Å². The molecular weight excluding hydrogens is 439 g/mol. The molecular formula is C16H35IN4O2S. The summed E-state index contributed by atoms with van der Waals surface area (Å²) in [7, 11) is -3.09. The molecule has 8 heteroatoms. The number of nitrogens with zero attached hydrogens (tertiary/aromatic N) is 1. The summed E-state index contributed by atoms with van der Waals surface area (Å²) in [4.78, 5) is 4.76. The number of guanidine groups is 1. The fourth-order valence-electron chi connectivity index (χ4n) is 2.96. The molecule has 0 unspecified atom stereocenters. The van der Waals surface area contributed by atoms with Gasteiger partial charge < -0.3 is 10.6 Å². The van der Waals surface area contributed by atoms with Gasteiger partial charge in [0.2, 0.25) is 10.0 Å². The van der Waals surface area contributed by atoms with Crippen LogP contribution in [0.3, 0.4) is 0 Å². The average molecular weight is 474 g/mol. The smallest absolute Gasteiger partial charge is 0.211 e. The van der Waals surface area contributed by atoms with E-state index in [0.717, 1.165) is 25.5 Å². The lowest BCUT2D eigenvalue weighted by Gasteiger charge is -2.25. The van der Waals surface area contributed by atoms with Crippen molar-refractivity contribution in [2.45, 2.75) is 59.3 Å². The highest BCUT2D eigenvalue weighted by atomic mass is 127.